The lowest BCUT2D eigenvalue weighted by Crippen LogP contribution is -2.07. The van der Waals surface area contributed by atoms with Crippen molar-refractivity contribution < 1.29 is 9.84 Å². The molecule has 1 aromatic rings. The maximum atomic E-state index is 9.40. The lowest BCUT2D eigenvalue weighted by atomic mass is 10.0. The van der Waals surface area contributed by atoms with Crippen LogP contribution in [0.4, 0.5) is 0 Å². The average Bonchev–Trinajstić information content (AvgIpc) is 2.34. The number of aliphatic hydroxyl groups excluding tert-OH is 1. The van der Waals surface area contributed by atoms with Gasteiger partial charge in [-0.2, -0.15) is 0 Å². The van der Waals surface area contributed by atoms with E-state index in [0.29, 0.717) is 12.5 Å². The van der Waals surface area contributed by atoms with Crippen LogP contribution in [-0.2, 0) is 0 Å². The molecule has 0 saturated heterocycles. The molecule has 96 valence electrons. The molecule has 1 aromatic carbocycles. The predicted octanol–water partition coefficient (Wildman–Crippen LogP) is 3.74. The van der Waals surface area contributed by atoms with Crippen LogP contribution in [0.2, 0.25) is 0 Å². The monoisotopic (exact) mass is 236 g/mol. The van der Waals surface area contributed by atoms with Crippen molar-refractivity contribution in [3.63, 3.8) is 0 Å². The molecule has 0 aromatic heterocycles. The smallest absolute Gasteiger partial charge is 0.119 e. The van der Waals surface area contributed by atoms with E-state index in [1.807, 2.05) is 19.1 Å². The molecule has 0 spiro atoms. The van der Waals surface area contributed by atoms with E-state index in [1.54, 1.807) is 0 Å². The van der Waals surface area contributed by atoms with Gasteiger partial charge in [-0.3, -0.25) is 0 Å². The summed E-state index contributed by atoms with van der Waals surface area (Å²) in [5.41, 5.74) is 1.33. The fourth-order valence-corrected chi connectivity index (χ4v) is 1.66. The molecule has 0 bridgehead atoms. The maximum absolute atomic E-state index is 9.40. The van der Waals surface area contributed by atoms with Crippen molar-refractivity contribution >= 4 is 0 Å². The third-order valence-electron chi connectivity index (χ3n) is 2.97. The van der Waals surface area contributed by atoms with E-state index in [2.05, 4.69) is 26.0 Å². The summed E-state index contributed by atoms with van der Waals surface area (Å²) in [6.07, 6.45) is 2.37. The van der Waals surface area contributed by atoms with Crippen molar-refractivity contribution in [3.8, 4) is 5.75 Å². The van der Waals surface area contributed by atoms with Gasteiger partial charge >= 0.3 is 0 Å². The third-order valence-corrected chi connectivity index (χ3v) is 2.97. The molecule has 2 nitrogen and oxygen atoms in total. The Morgan fingerprint density at radius 3 is 2.35 bits per heavy atom. The second-order valence-corrected chi connectivity index (χ2v) is 4.78. The summed E-state index contributed by atoms with van der Waals surface area (Å²) >= 11 is 0. The summed E-state index contributed by atoms with van der Waals surface area (Å²) in [7, 11) is 0. The molecule has 2 heteroatoms. The second-order valence-electron chi connectivity index (χ2n) is 4.78. The molecular formula is C15H24O2. The van der Waals surface area contributed by atoms with Gasteiger partial charge < -0.3 is 9.84 Å². The van der Waals surface area contributed by atoms with E-state index in [9.17, 15) is 5.11 Å². The van der Waals surface area contributed by atoms with E-state index in [4.69, 9.17) is 4.74 Å². The minimum atomic E-state index is -0.179. The van der Waals surface area contributed by atoms with Crippen LogP contribution in [0.5, 0.6) is 5.75 Å². The van der Waals surface area contributed by atoms with Crippen molar-refractivity contribution in [2.24, 2.45) is 0 Å². The van der Waals surface area contributed by atoms with Crippen LogP contribution in [0, 0.1) is 0 Å². The van der Waals surface area contributed by atoms with Crippen molar-refractivity contribution in [1.29, 1.82) is 0 Å². The fourth-order valence-electron chi connectivity index (χ4n) is 1.66. The average molecular weight is 236 g/mol. The van der Waals surface area contributed by atoms with Crippen molar-refractivity contribution in [3.05, 3.63) is 29.8 Å². The minimum absolute atomic E-state index is 0.179. The van der Waals surface area contributed by atoms with Gasteiger partial charge in [-0.1, -0.05) is 32.9 Å². The molecule has 0 fully saturated rings. The number of aliphatic hydroxyl groups is 1. The highest BCUT2D eigenvalue weighted by Crippen LogP contribution is 2.18. The lowest BCUT2D eigenvalue weighted by molar-refractivity contribution is 0.149. The second kappa shape index (κ2) is 7.33. The topological polar surface area (TPSA) is 29.5 Å². The van der Waals surface area contributed by atoms with E-state index in [1.165, 1.54) is 5.56 Å². The number of hydrogen-bond donors (Lipinski definition) is 1. The van der Waals surface area contributed by atoms with E-state index >= 15 is 0 Å². The molecule has 1 N–H and O–H groups in total. The zero-order valence-electron chi connectivity index (χ0n) is 11.1. The molecule has 17 heavy (non-hydrogen) atoms. The first-order valence-corrected chi connectivity index (χ1v) is 6.54. The van der Waals surface area contributed by atoms with Crippen LogP contribution < -0.4 is 4.74 Å². The molecule has 1 rings (SSSR count). The summed E-state index contributed by atoms with van der Waals surface area (Å²) in [5, 5.41) is 9.40. The Kier molecular flexibility index (Phi) is 6.06. The van der Waals surface area contributed by atoms with Crippen molar-refractivity contribution in [1.82, 2.24) is 0 Å². The maximum Gasteiger partial charge on any atom is 0.119 e. The van der Waals surface area contributed by atoms with Gasteiger partial charge in [0.25, 0.3) is 0 Å². The predicted molar refractivity (Wildman–Crippen MR) is 71.6 cm³/mol. The Hall–Kier alpha value is -1.02. The molecule has 1 unspecified atom stereocenters. The molecular weight excluding hydrogens is 212 g/mol. The summed E-state index contributed by atoms with van der Waals surface area (Å²) in [6, 6.07) is 8.26. The Morgan fingerprint density at radius 1 is 1.18 bits per heavy atom. The fraction of sp³-hybridized carbons (Fsp3) is 0.600. The first-order valence-electron chi connectivity index (χ1n) is 6.54. The highest BCUT2D eigenvalue weighted by Gasteiger charge is 2.01. The van der Waals surface area contributed by atoms with Gasteiger partial charge in [-0.05, 0) is 42.9 Å². The summed E-state index contributed by atoms with van der Waals surface area (Å²) in [6.45, 7) is 7.04. The van der Waals surface area contributed by atoms with Crippen molar-refractivity contribution in [2.75, 3.05) is 6.61 Å². The van der Waals surface area contributed by atoms with Gasteiger partial charge in [0.15, 0.2) is 0 Å². The lowest BCUT2D eigenvalue weighted by Gasteiger charge is -2.10. The van der Waals surface area contributed by atoms with Crippen LogP contribution in [-0.4, -0.2) is 17.8 Å². The third kappa shape index (κ3) is 5.22. The Labute approximate surface area is 105 Å². The van der Waals surface area contributed by atoms with E-state index in [0.717, 1.165) is 25.0 Å². The standard InChI is InChI=1S/C15H24O2/c1-4-14(16)6-5-11-17-15-9-7-13(8-10-15)12(2)3/h7-10,12,14,16H,4-6,11H2,1-3H3. The summed E-state index contributed by atoms with van der Waals surface area (Å²) < 4.78 is 5.62. The van der Waals surface area contributed by atoms with Crippen LogP contribution in [0.15, 0.2) is 24.3 Å². The molecule has 0 amide bonds. The Morgan fingerprint density at radius 2 is 1.82 bits per heavy atom. The SMILES string of the molecule is CCC(O)CCCOc1ccc(C(C)C)cc1. The molecule has 0 heterocycles. The van der Waals surface area contributed by atoms with E-state index in [-0.39, 0.29) is 6.10 Å². The van der Waals surface area contributed by atoms with Gasteiger partial charge in [-0.25, -0.2) is 0 Å². The number of ether oxygens (including phenoxy) is 1. The molecule has 0 aliphatic carbocycles. The quantitative estimate of drug-likeness (QED) is 0.731. The number of hydrogen-bond acceptors (Lipinski definition) is 2. The summed E-state index contributed by atoms with van der Waals surface area (Å²) in [5.74, 6) is 1.48. The normalized spacial score (nSPS) is 12.8. The van der Waals surface area contributed by atoms with Gasteiger partial charge in [0.2, 0.25) is 0 Å². The van der Waals surface area contributed by atoms with Gasteiger partial charge in [0.05, 0.1) is 12.7 Å². The first-order chi connectivity index (χ1) is 8.13. The van der Waals surface area contributed by atoms with Crippen LogP contribution in [0.25, 0.3) is 0 Å². The highest BCUT2D eigenvalue weighted by molar-refractivity contribution is 5.28. The van der Waals surface area contributed by atoms with Gasteiger partial charge in [0.1, 0.15) is 5.75 Å². The van der Waals surface area contributed by atoms with Gasteiger partial charge in [-0.15, -0.1) is 0 Å². The minimum Gasteiger partial charge on any atom is -0.494 e. The molecule has 0 aliphatic rings. The highest BCUT2D eigenvalue weighted by atomic mass is 16.5. The van der Waals surface area contributed by atoms with Crippen LogP contribution >= 0.6 is 0 Å². The molecule has 0 saturated carbocycles. The zero-order valence-corrected chi connectivity index (χ0v) is 11.1. The molecule has 0 aliphatic heterocycles. The largest absolute Gasteiger partial charge is 0.494 e. The Balaban J connectivity index is 2.28. The number of benzene rings is 1. The number of rotatable bonds is 7. The van der Waals surface area contributed by atoms with E-state index < -0.39 is 0 Å². The Bertz CT molecular complexity index is 303. The van der Waals surface area contributed by atoms with Crippen LogP contribution in [0.3, 0.4) is 0 Å². The zero-order chi connectivity index (χ0) is 12.7. The van der Waals surface area contributed by atoms with Crippen molar-refractivity contribution in [2.45, 2.75) is 52.1 Å². The summed E-state index contributed by atoms with van der Waals surface area (Å²) in [4.78, 5) is 0. The first kappa shape index (κ1) is 14.0. The van der Waals surface area contributed by atoms with Gasteiger partial charge in [0, 0.05) is 0 Å². The van der Waals surface area contributed by atoms with Crippen LogP contribution in [0.1, 0.15) is 51.5 Å². The molecule has 0 radical (unpaired) electrons. The molecule has 1 atom stereocenters.